The quantitative estimate of drug-likeness (QED) is 0.163. The van der Waals surface area contributed by atoms with E-state index in [-0.39, 0.29) is 0 Å². The van der Waals surface area contributed by atoms with Crippen LogP contribution in [0.1, 0.15) is 0 Å². The van der Waals surface area contributed by atoms with E-state index in [9.17, 15) is 0 Å². The number of hydrogen-bond donors (Lipinski definition) is 0. The maximum absolute atomic E-state index is 2.46. The van der Waals surface area contributed by atoms with Gasteiger partial charge in [0.15, 0.2) is 0 Å². The number of thiophene rings is 2. The summed E-state index contributed by atoms with van der Waals surface area (Å²) in [5.41, 5.74) is 11.9. The molecule has 0 fully saturated rings. The van der Waals surface area contributed by atoms with E-state index >= 15 is 0 Å². The molecule has 0 saturated carbocycles. The summed E-state index contributed by atoms with van der Waals surface area (Å²) in [7, 11) is 0. The Kier molecular flexibility index (Phi) is 7.62. The fourth-order valence-electron chi connectivity index (χ4n) is 8.89. The molecule has 0 unspecified atom stereocenters. The molecule has 272 valence electrons. The van der Waals surface area contributed by atoms with Gasteiger partial charge in [0.05, 0.1) is 31.8 Å². The molecule has 12 rings (SSSR count). The Balaban J connectivity index is 0.980. The number of rotatable bonds is 6. The first-order valence-corrected chi connectivity index (χ1v) is 21.3. The second kappa shape index (κ2) is 13.3. The van der Waals surface area contributed by atoms with Crippen molar-refractivity contribution in [2.45, 2.75) is 0 Å². The second-order valence-electron chi connectivity index (χ2n) is 14.9. The van der Waals surface area contributed by atoms with E-state index in [1.54, 1.807) is 0 Å². The second-order valence-corrected chi connectivity index (χ2v) is 17.0. The minimum Gasteiger partial charge on any atom is -0.309 e. The Bertz CT molecular complexity index is 3500. The van der Waals surface area contributed by atoms with Crippen LogP contribution in [-0.4, -0.2) is 4.57 Å². The zero-order valence-electron chi connectivity index (χ0n) is 31.3. The Morgan fingerprint density at radius 2 is 0.828 bits per heavy atom. The van der Waals surface area contributed by atoms with E-state index in [0.29, 0.717) is 0 Å². The van der Waals surface area contributed by atoms with Crippen molar-refractivity contribution in [2.75, 3.05) is 4.90 Å². The van der Waals surface area contributed by atoms with Gasteiger partial charge in [-0.3, -0.25) is 0 Å². The third-order valence-electron chi connectivity index (χ3n) is 11.6. The highest BCUT2D eigenvalue weighted by Crippen LogP contribution is 2.46. The molecule has 0 N–H and O–H groups in total. The normalized spacial score (nSPS) is 11.8. The number of fused-ring (bicyclic) bond motifs is 9. The van der Waals surface area contributed by atoms with E-state index < -0.39 is 0 Å². The van der Waals surface area contributed by atoms with Crippen LogP contribution in [0.25, 0.3) is 90.1 Å². The highest BCUT2D eigenvalue weighted by atomic mass is 32.1. The first kappa shape index (κ1) is 33.2. The van der Waals surface area contributed by atoms with Crippen LogP contribution < -0.4 is 4.90 Å². The first-order chi connectivity index (χ1) is 28.8. The smallest absolute Gasteiger partial charge is 0.0640 e. The third kappa shape index (κ3) is 5.23. The van der Waals surface area contributed by atoms with Crippen molar-refractivity contribution in [3.63, 3.8) is 0 Å². The summed E-state index contributed by atoms with van der Waals surface area (Å²) in [5, 5.41) is 7.74. The molecule has 0 spiro atoms. The fraction of sp³-hybridized carbons (Fsp3) is 0. The van der Waals surface area contributed by atoms with Gasteiger partial charge in [-0.2, -0.15) is 0 Å². The van der Waals surface area contributed by atoms with E-state index in [2.05, 4.69) is 216 Å². The van der Waals surface area contributed by atoms with Crippen LogP contribution in [0, 0.1) is 0 Å². The van der Waals surface area contributed by atoms with Crippen molar-refractivity contribution < 1.29 is 0 Å². The SMILES string of the molecule is c1ccc(-c2ccc(N(c3ccc(-c4ccc5c(c4)c4ccccc4n5-c4cccc5c4sc4ccccc45)cc3)c3cccc4c3sc3ccccc34)cc2)cc1. The highest BCUT2D eigenvalue weighted by Gasteiger charge is 2.20. The molecule has 0 bridgehead atoms. The molecular formula is C54H34N2S2. The van der Waals surface area contributed by atoms with Gasteiger partial charge in [0.2, 0.25) is 0 Å². The standard InChI is InChI=1S/C54H34N2S2/c1-2-12-35(13-3-1)36-24-29-39(30-25-36)55(49-20-10-17-44-42-15-5-8-22-51(42)57-53(44)49)40-31-26-37(27-32-40)38-28-33-48-46(34-38)41-14-4-7-19-47(41)56(48)50-21-11-18-45-43-16-6-9-23-52(43)58-54(45)50/h1-34H. The van der Waals surface area contributed by atoms with E-state index in [1.807, 2.05) is 22.7 Å². The zero-order chi connectivity index (χ0) is 38.2. The van der Waals surface area contributed by atoms with Crippen LogP contribution in [0.2, 0.25) is 0 Å². The van der Waals surface area contributed by atoms with Crippen LogP contribution >= 0.6 is 22.7 Å². The molecule has 0 aliphatic carbocycles. The number of anilines is 3. The fourth-order valence-corrected chi connectivity index (χ4v) is 11.3. The average Bonchev–Trinajstić information content (AvgIpc) is 3.97. The lowest BCUT2D eigenvalue weighted by atomic mass is 10.0. The summed E-state index contributed by atoms with van der Waals surface area (Å²) in [4.78, 5) is 2.42. The monoisotopic (exact) mass is 774 g/mol. The molecule has 0 aliphatic heterocycles. The third-order valence-corrected chi connectivity index (χ3v) is 14.0. The van der Waals surface area contributed by atoms with Crippen molar-refractivity contribution in [3.05, 3.63) is 206 Å². The van der Waals surface area contributed by atoms with Crippen molar-refractivity contribution in [1.82, 2.24) is 4.57 Å². The molecule has 2 nitrogen and oxygen atoms in total. The highest BCUT2D eigenvalue weighted by molar-refractivity contribution is 7.26. The molecule has 12 aromatic rings. The van der Waals surface area contributed by atoms with Gasteiger partial charge in [0, 0.05) is 53.1 Å². The van der Waals surface area contributed by atoms with Gasteiger partial charge >= 0.3 is 0 Å². The van der Waals surface area contributed by atoms with Gasteiger partial charge in [-0.1, -0.05) is 140 Å². The minimum absolute atomic E-state index is 1.12. The zero-order valence-corrected chi connectivity index (χ0v) is 33.0. The average molecular weight is 775 g/mol. The molecule has 3 heterocycles. The van der Waals surface area contributed by atoms with Crippen molar-refractivity contribution in [3.8, 4) is 27.9 Å². The van der Waals surface area contributed by atoms with Crippen molar-refractivity contribution in [2.24, 2.45) is 0 Å². The molecule has 0 radical (unpaired) electrons. The largest absolute Gasteiger partial charge is 0.309 e. The summed E-state index contributed by atoms with van der Waals surface area (Å²) in [6.07, 6.45) is 0. The molecular weight excluding hydrogens is 741 g/mol. The van der Waals surface area contributed by atoms with Crippen LogP contribution in [-0.2, 0) is 0 Å². The lowest BCUT2D eigenvalue weighted by Crippen LogP contribution is -2.10. The number of aromatic nitrogens is 1. The summed E-state index contributed by atoms with van der Waals surface area (Å²) in [6, 6.07) is 75.5. The molecule has 0 amide bonds. The molecule has 0 aliphatic rings. The maximum atomic E-state index is 2.46. The van der Waals surface area contributed by atoms with Gasteiger partial charge in [0.25, 0.3) is 0 Å². The summed E-state index contributed by atoms with van der Waals surface area (Å²) < 4.78 is 7.69. The lowest BCUT2D eigenvalue weighted by molar-refractivity contribution is 1.20. The van der Waals surface area contributed by atoms with E-state index in [0.717, 1.165) is 11.4 Å². The minimum atomic E-state index is 1.12. The molecule has 4 heteroatoms. The number of hydrogen-bond acceptors (Lipinski definition) is 3. The number of benzene rings is 9. The topological polar surface area (TPSA) is 8.17 Å². The Morgan fingerprint density at radius 1 is 0.328 bits per heavy atom. The Labute approximate surface area is 343 Å². The molecule has 3 aromatic heterocycles. The van der Waals surface area contributed by atoms with Crippen LogP contribution in [0.3, 0.4) is 0 Å². The molecule has 0 saturated heterocycles. The van der Waals surface area contributed by atoms with Crippen molar-refractivity contribution >= 4 is 102 Å². The number of para-hydroxylation sites is 1. The lowest BCUT2D eigenvalue weighted by Gasteiger charge is -2.26. The maximum Gasteiger partial charge on any atom is 0.0640 e. The van der Waals surface area contributed by atoms with Crippen LogP contribution in [0.4, 0.5) is 17.1 Å². The summed E-state index contributed by atoms with van der Waals surface area (Å²) >= 11 is 3.75. The van der Waals surface area contributed by atoms with Crippen LogP contribution in [0.5, 0.6) is 0 Å². The molecule has 9 aromatic carbocycles. The van der Waals surface area contributed by atoms with Gasteiger partial charge in [0.1, 0.15) is 0 Å². The van der Waals surface area contributed by atoms with Crippen LogP contribution in [0.15, 0.2) is 206 Å². The molecule has 0 atom stereocenters. The van der Waals surface area contributed by atoms with E-state index in [1.165, 1.54) is 95.8 Å². The van der Waals surface area contributed by atoms with Gasteiger partial charge in [-0.25, -0.2) is 0 Å². The van der Waals surface area contributed by atoms with E-state index in [4.69, 9.17) is 0 Å². The number of nitrogens with zero attached hydrogens (tertiary/aromatic N) is 2. The summed E-state index contributed by atoms with van der Waals surface area (Å²) in [5.74, 6) is 0. The first-order valence-electron chi connectivity index (χ1n) is 19.7. The van der Waals surface area contributed by atoms with Gasteiger partial charge in [-0.15, -0.1) is 22.7 Å². The summed E-state index contributed by atoms with van der Waals surface area (Å²) in [6.45, 7) is 0. The van der Waals surface area contributed by atoms with Gasteiger partial charge in [-0.05, 0) is 89.0 Å². The van der Waals surface area contributed by atoms with Gasteiger partial charge < -0.3 is 9.47 Å². The van der Waals surface area contributed by atoms with Crippen molar-refractivity contribution in [1.29, 1.82) is 0 Å². The predicted octanol–water partition coefficient (Wildman–Crippen LogP) is 16.3. The molecule has 58 heavy (non-hydrogen) atoms. The predicted molar refractivity (Wildman–Crippen MR) is 252 cm³/mol. The Morgan fingerprint density at radius 3 is 1.53 bits per heavy atom. The Hall–Kier alpha value is -6.98.